The number of rotatable bonds is 7. The highest BCUT2D eigenvalue weighted by molar-refractivity contribution is 5.89. The van der Waals surface area contributed by atoms with Crippen LogP contribution < -0.4 is 0 Å². The summed E-state index contributed by atoms with van der Waals surface area (Å²) in [7, 11) is 0. The number of ether oxygens (including phenoxy) is 2. The molecule has 0 aliphatic rings. The van der Waals surface area contributed by atoms with E-state index in [-0.39, 0.29) is 5.97 Å². The van der Waals surface area contributed by atoms with Gasteiger partial charge in [-0.1, -0.05) is 18.9 Å². The van der Waals surface area contributed by atoms with Gasteiger partial charge in [-0.05, 0) is 47.5 Å². The van der Waals surface area contributed by atoms with Gasteiger partial charge in [-0.3, -0.25) is 0 Å². The second-order valence-electron chi connectivity index (χ2n) is 5.50. The number of carbonyl (C=O) groups is 1. The van der Waals surface area contributed by atoms with Crippen LogP contribution in [-0.4, -0.2) is 24.8 Å². The molecule has 0 fully saturated rings. The Morgan fingerprint density at radius 3 is 2.22 bits per heavy atom. The van der Waals surface area contributed by atoms with Crippen molar-refractivity contribution >= 4 is 5.97 Å². The second-order valence-corrected chi connectivity index (χ2v) is 5.50. The van der Waals surface area contributed by atoms with Gasteiger partial charge in [-0.15, -0.1) is 0 Å². The molecular weight excluding hydrogens is 228 g/mol. The summed E-state index contributed by atoms with van der Waals surface area (Å²) in [6.07, 6.45) is 3.13. The minimum Gasteiger partial charge on any atom is -0.457 e. The zero-order valence-corrected chi connectivity index (χ0v) is 12.8. The van der Waals surface area contributed by atoms with E-state index in [1.54, 1.807) is 0 Å². The van der Waals surface area contributed by atoms with Crippen molar-refractivity contribution in [1.82, 2.24) is 0 Å². The Hall–Kier alpha value is -0.830. The average Bonchev–Trinajstić information content (AvgIpc) is 2.24. The molecule has 0 aromatic heterocycles. The smallest absolute Gasteiger partial charge is 0.336 e. The molecule has 0 unspecified atom stereocenters. The molecule has 0 aliphatic heterocycles. The molecular formula is C15H28O3. The van der Waals surface area contributed by atoms with Gasteiger partial charge < -0.3 is 9.47 Å². The van der Waals surface area contributed by atoms with Crippen LogP contribution in [0.25, 0.3) is 0 Å². The Morgan fingerprint density at radius 1 is 1.17 bits per heavy atom. The number of allylic oxidation sites excluding steroid dienone is 1. The topological polar surface area (TPSA) is 35.5 Å². The Kier molecular flexibility index (Phi) is 7.92. The van der Waals surface area contributed by atoms with Gasteiger partial charge in [-0.25, -0.2) is 4.79 Å². The quantitative estimate of drug-likeness (QED) is 0.512. The van der Waals surface area contributed by atoms with Gasteiger partial charge in [0.05, 0.1) is 12.2 Å². The van der Waals surface area contributed by atoms with Crippen LogP contribution in [0.4, 0.5) is 0 Å². The summed E-state index contributed by atoms with van der Waals surface area (Å²) in [6.45, 7) is 12.7. The van der Waals surface area contributed by atoms with E-state index in [0.717, 1.165) is 24.8 Å². The van der Waals surface area contributed by atoms with E-state index in [4.69, 9.17) is 9.47 Å². The van der Waals surface area contributed by atoms with Gasteiger partial charge >= 0.3 is 5.97 Å². The third-order valence-corrected chi connectivity index (χ3v) is 2.52. The first kappa shape index (κ1) is 17.2. The standard InChI is InChI=1S/C15H28O3/c1-7-9-10-12(3)13(11-17-8-2)14(16)18-15(4,5)6/h7-11H2,1-6H3. The molecule has 0 spiro atoms. The van der Waals surface area contributed by atoms with Gasteiger partial charge in [0.25, 0.3) is 0 Å². The predicted molar refractivity (Wildman–Crippen MR) is 74.6 cm³/mol. The number of carbonyl (C=O) groups excluding carboxylic acids is 1. The summed E-state index contributed by atoms with van der Waals surface area (Å²) in [6, 6.07) is 0. The summed E-state index contributed by atoms with van der Waals surface area (Å²) in [5, 5.41) is 0. The second kappa shape index (κ2) is 8.30. The molecule has 0 amide bonds. The van der Waals surface area contributed by atoms with Crippen LogP contribution in [0.5, 0.6) is 0 Å². The van der Waals surface area contributed by atoms with Crippen molar-refractivity contribution in [3.8, 4) is 0 Å². The highest BCUT2D eigenvalue weighted by atomic mass is 16.6. The lowest BCUT2D eigenvalue weighted by atomic mass is 10.0. The van der Waals surface area contributed by atoms with E-state index in [1.807, 2.05) is 34.6 Å². The summed E-state index contributed by atoms with van der Waals surface area (Å²) in [5.41, 5.74) is 1.30. The number of hydrogen-bond acceptors (Lipinski definition) is 3. The first-order valence-electron chi connectivity index (χ1n) is 6.81. The van der Waals surface area contributed by atoms with E-state index in [9.17, 15) is 4.79 Å². The van der Waals surface area contributed by atoms with Gasteiger partial charge in [-0.2, -0.15) is 0 Å². The maximum absolute atomic E-state index is 12.1. The minimum absolute atomic E-state index is 0.246. The van der Waals surface area contributed by atoms with Crippen molar-refractivity contribution in [2.45, 2.75) is 66.4 Å². The lowest BCUT2D eigenvalue weighted by Crippen LogP contribution is -2.26. The first-order valence-corrected chi connectivity index (χ1v) is 6.81. The molecule has 0 aromatic rings. The Labute approximate surface area is 112 Å². The first-order chi connectivity index (χ1) is 8.31. The van der Waals surface area contributed by atoms with Crippen molar-refractivity contribution in [3.63, 3.8) is 0 Å². The number of hydrogen-bond donors (Lipinski definition) is 0. The maximum atomic E-state index is 12.1. The van der Waals surface area contributed by atoms with Crippen molar-refractivity contribution in [3.05, 3.63) is 11.1 Å². The van der Waals surface area contributed by atoms with Crippen molar-refractivity contribution < 1.29 is 14.3 Å². The van der Waals surface area contributed by atoms with Crippen LogP contribution in [0.3, 0.4) is 0 Å². The van der Waals surface area contributed by atoms with Crippen molar-refractivity contribution in [2.75, 3.05) is 13.2 Å². The molecule has 0 aliphatic carbocycles. The summed E-state index contributed by atoms with van der Waals surface area (Å²) >= 11 is 0. The third-order valence-electron chi connectivity index (χ3n) is 2.52. The fourth-order valence-electron chi connectivity index (χ4n) is 1.49. The molecule has 0 aromatic carbocycles. The minimum atomic E-state index is -0.459. The molecule has 0 saturated heterocycles. The van der Waals surface area contributed by atoms with E-state index in [1.165, 1.54) is 0 Å². The van der Waals surface area contributed by atoms with E-state index in [2.05, 4.69) is 6.92 Å². The maximum Gasteiger partial charge on any atom is 0.336 e. The fourth-order valence-corrected chi connectivity index (χ4v) is 1.49. The van der Waals surface area contributed by atoms with Gasteiger partial charge in [0.15, 0.2) is 0 Å². The molecule has 0 heterocycles. The lowest BCUT2D eigenvalue weighted by molar-refractivity contribution is -0.150. The zero-order valence-electron chi connectivity index (χ0n) is 12.8. The molecule has 0 saturated carbocycles. The monoisotopic (exact) mass is 256 g/mol. The van der Waals surface area contributed by atoms with E-state index >= 15 is 0 Å². The van der Waals surface area contributed by atoms with Crippen molar-refractivity contribution in [1.29, 1.82) is 0 Å². The van der Waals surface area contributed by atoms with Gasteiger partial charge in [0, 0.05) is 6.61 Å². The molecule has 0 radical (unpaired) electrons. The van der Waals surface area contributed by atoms with Crippen LogP contribution in [0.1, 0.15) is 60.8 Å². The lowest BCUT2D eigenvalue weighted by Gasteiger charge is -2.21. The average molecular weight is 256 g/mol. The molecule has 0 rings (SSSR count). The van der Waals surface area contributed by atoms with Crippen LogP contribution in [0.15, 0.2) is 11.1 Å². The number of esters is 1. The van der Waals surface area contributed by atoms with Crippen LogP contribution in [0.2, 0.25) is 0 Å². The molecule has 106 valence electrons. The molecule has 0 atom stereocenters. The Morgan fingerprint density at radius 2 is 1.78 bits per heavy atom. The molecule has 3 nitrogen and oxygen atoms in total. The summed E-state index contributed by atoms with van der Waals surface area (Å²) < 4.78 is 10.8. The van der Waals surface area contributed by atoms with E-state index in [0.29, 0.717) is 18.8 Å². The molecule has 0 N–H and O–H groups in total. The zero-order chi connectivity index (χ0) is 14.2. The fraction of sp³-hybridized carbons (Fsp3) is 0.800. The predicted octanol–water partition coefficient (Wildman–Crippen LogP) is 3.87. The third kappa shape index (κ3) is 7.49. The van der Waals surface area contributed by atoms with Crippen molar-refractivity contribution in [2.24, 2.45) is 0 Å². The van der Waals surface area contributed by atoms with Crippen LogP contribution in [-0.2, 0) is 14.3 Å². The molecule has 0 bridgehead atoms. The normalized spacial score (nSPS) is 13.2. The van der Waals surface area contributed by atoms with Gasteiger partial charge in [0.2, 0.25) is 0 Å². The summed E-state index contributed by atoms with van der Waals surface area (Å²) in [5.74, 6) is -0.246. The van der Waals surface area contributed by atoms with E-state index < -0.39 is 5.60 Å². The van der Waals surface area contributed by atoms with Gasteiger partial charge in [0.1, 0.15) is 5.60 Å². The largest absolute Gasteiger partial charge is 0.457 e. The molecule has 3 heteroatoms. The van der Waals surface area contributed by atoms with Crippen LogP contribution >= 0.6 is 0 Å². The summed E-state index contributed by atoms with van der Waals surface area (Å²) in [4.78, 5) is 12.1. The highest BCUT2D eigenvalue weighted by Crippen LogP contribution is 2.17. The highest BCUT2D eigenvalue weighted by Gasteiger charge is 2.21. The SMILES string of the molecule is CCCCC(C)=C(COCC)C(=O)OC(C)(C)C. The van der Waals surface area contributed by atoms with Crippen LogP contribution in [0, 0.1) is 0 Å². The Bertz CT molecular complexity index is 285. The number of unbranched alkanes of at least 4 members (excludes halogenated alkanes) is 1. The Balaban J connectivity index is 4.80. The molecule has 18 heavy (non-hydrogen) atoms.